The summed E-state index contributed by atoms with van der Waals surface area (Å²) in [6.07, 6.45) is 9.76. The second kappa shape index (κ2) is 9.03. The molecule has 7 heteroatoms. The number of carbonyl (C=O) groups is 1. The van der Waals surface area contributed by atoms with E-state index >= 15 is 0 Å². The molecule has 0 radical (unpaired) electrons. The first-order valence-electron chi connectivity index (χ1n) is 11.0. The van der Waals surface area contributed by atoms with Crippen molar-refractivity contribution in [3.8, 4) is 0 Å². The van der Waals surface area contributed by atoms with Crippen molar-refractivity contribution >= 4 is 5.91 Å². The van der Waals surface area contributed by atoms with Crippen LogP contribution in [0.4, 0.5) is 0 Å². The van der Waals surface area contributed by atoms with Gasteiger partial charge in [-0.1, -0.05) is 19.8 Å². The highest BCUT2D eigenvalue weighted by atomic mass is 16.2. The van der Waals surface area contributed by atoms with Crippen molar-refractivity contribution in [1.29, 1.82) is 0 Å². The number of rotatable bonds is 5. The van der Waals surface area contributed by atoms with Crippen LogP contribution in [0.25, 0.3) is 0 Å². The lowest BCUT2D eigenvalue weighted by Gasteiger charge is -2.32. The van der Waals surface area contributed by atoms with E-state index in [0.717, 1.165) is 62.5 Å². The summed E-state index contributed by atoms with van der Waals surface area (Å²) < 4.78 is 2.10. The Labute approximate surface area is 173 Å². The predicted molar refractivity (Wildman–Crippen MR) is 111 cm³/mol. The zero-order chi connectivity index (χ0) is 20.2. The summed E-state index contributed by atoms with van der Waals surface area (Å²) in [7, 11) is 0. The molecule has 0 aliphatic carbocycles. The Hall–Kier alpha value is -2.28. The van der Waals surface area contributed by atoms with Gasteiger partial charge in [-0.05, 0) is 45.2 Å². The van der Waals surface area contributed by atoms with E-state index < -0.39 is 0 Å². The molecule has 2 aliphatic heterocycles. The number of aromatic nitrogens is 4. The van der Waals surface area contributed by atoms with Gasteiger partial charge in [0.15, 0.2) is 0 Å². The van der Waals surface area contributed by atoms with Gasteiger partial charge in [0.25, 0.3) is 5.91 Å². The molecule has 2 aromatic rings. The van der Waals surface area contributed by atoms with Crippen molar-refractivity contribution in [2.75, 3.05) is 13.1 Å². The average Bonchev–Trinajstić information content (AvgIpc) is 2.99. The Morgan fingerprint density at radius 1 is 1.21 bits per heavy atom. The molecule has 0 aromatic carbocycles. The van der Waals surface area contributed by atoms with E-state index in [4.69, 9.17) is 5.10 Å². The molecule has 7 nitrogen and oxygen atoms in total. The minimum atomic E-state index is 0.0369. The van der Waals surface area contributed by atoms with Gasteiger partial charge in [-0.3, -0.25) is 14.4 Å². The van der Waals surface area contributed by atoms with Crippen LogP contribution in [0.1, 0.15) is 73.4 Å². The zero-order valence-electron chi connectivity index (χ0n) is 17.7. The van der Waals surface area contributed by atoms with E-state index in [1.807, 2.05) is 4.90 Å². The van der Waals surface area contributed by atoms with Crippen LogP contribution in [0, 0.1) is 0 Å². The molecule has 1 unspecified atom stereocenters. The number of likely N-dealkylation sites (tertiary alicyclic amines) is 1. The quantitative estimate of drug-likeness (QED) is 0.777. The first-order valence-corrected chi connectivity index (χ1v) is 11.0. The number of aryl methyl sites for hydroxylation is 2. The standard InChI is InChI=1S/C22H32N6O/c1-3-7-21-20(13-23-16-24-21)22(29)27-10-6-11-28-19(15-27)12-18(25-28)14-26-9-5-4-8-17(26)2/h12-13,16-17H,3-11,14-15H2,1-2H3. The summed E-state index contributed by atoms with van der Waals surface area (Å²) >= 11 is 0. The molecule has 4 rings (SSSR count). The molecule has 0 saturated carbocycles. The predicted octanol–water partition coefficient (Wildman–Crippen LogP) is 3.05. The van der Waals surface area contributed by atoms with Crippen LogP contribution >= 0.6 is 0 Å². The highest BCUT2D eigenvalue weighted by Gasteiger charge is 2.25. The highest BCUT2D eigenvalue weighted by Crippen LogP contribution is 2.21. The van der Waals surface area contributed by atoms with E-state index in [-0.39, 0.29) is 5.91 Å². The molecule has 1 amide bonds. The van der Waals surface area contributed by atoms with Crippen LogP contribution in [0.2, 0.25) is 0 Å². The van der Waals surface area contributed by atoms with Gasteiger partial charge in [-0.25, -0.2) is 9.97 Å². The number of hydrogen-bond acceptors (Lipinski definition) is 5. The Morgan fingerprint density at radius 3 is 2.93 bits per heavy atom. The number of hydrogen-bond donors (Lipinski definition) is 0. The molecular formula is C22H32N6O. The highest BCUT2D eigenvalue weighted by molar-refractivity contribution is 5.95. The van der Waals surface area contributed by atoms with Gasteiger partial charge < -0.3 is 4.90 Å². The van der Waals surface area contributed by atoms with E-state index in [1.165, 1.54) is 25.6 Å². The second-order valence-electron chi connectivity index (χ2n) is 8.38. The monoisotopic (exact) mass is 396 g/mol. The molecule has 0 bridgehead atoms. The summed E-state index contributed by atoms with van der Waals surface area (Å²) in [5, 5.41) is 4.87. The Bertz CT molecular complexity index is 848. The molecule has 1 fully saturated rings. The molecule has 2 aromatic heterocycles. The third kappa shape index (κ3) is 4.50. The van der Waals surface area contributed by atoms with E-state index in [9.17, 15) is 4.79 Å². The van der Waals surface area contributed by atoms with Crippen LogP contribution in [0.5, 0.6) is 0 Å². The maximum atomic E-state index is 13.2. The lowest BCUT2D eigenvalue weighted by atomic mass is 10.0. The number of piperidine rings is 1. The van der Waals surface area contributed by atoms with Crippen molar-refractivity contribution in [1.82, 2.24) is 29.5 Å². The van der Waals surface area contributed by atoms with E-state index in [2.05, 4.69) is 39.5 Å². The Balaban J connectivity index is 1.49. The minimum Gasteiger partial charge on any atom is -0.333 e. The van der Waals surface area contributed by atoms with Crippen LogP contribution in [0.15, 0.2) is 18.6 Å². The summed E-state index contributed by atoms with van der Waals surface area (Å²) in [5.74, 6) is 0.0369. The summed E-state index contributed by atoms with van der Waals surface area (Å²) in [6.45, 7) is 8.68. The molecule has 2 aliphatic rings. The maximum absolute atomic E-state index is 13.2. The number of fused-ring (bicyclic) bond motifs is 1. The molecule has 156 valence electrons. The smallest absolute Gasteiger partial charge is 0.257 e. The fourth-order valence-electron chi connectivity index (χ4n) is 4.51. The maximum Gasteiger partial charge on any atom is 0.257 e. The molecule has 4 heterocycles. The molecule has 1 atom stereocenters. The number of nitrogens with zero attached hydrogens (tertiary/aromatic N) is 6. The summed E-state index contributed by atoms with van der Waals surface area (Å²) in [5.41, 5.74) is 3.75. The molecule has 1 saturated heterocycles. The van der Waals surface area contributed by atoms with Crippen molar-refractivity contribution in [3.63, 3.8) is 0 Å². The van der Waals surface area contributed by atoms with Gasteiger partial charge in [-0.2, -0.15) is 5.10 Å². The van der Waals surface area contributed by atoms with Gasteiger partial charge in [-0.15, -0.1) is 0 Å². The topological polar surface area (TPSA) is 67.2 Å². The van der Waals surface area contributed by atoms with E-state index in [1.54, 1.807) is 6.20 Å². The first-order chi connectivity index (χ1) is 14.2. The average molecular weight is 397 g/mol. The van der Waals surface area contributed by atoms with Gasteiger partial charge in [0, 0.05) is 31.9 Å². The summed E-state index contributed by atoms with van der Waals surface area (Å²) in [6, 6.07) is 2.82. The van der Waals surface area contributed by atoms with Crippen molar-refractivity contribution in [2.24, 2.45) is 0 Å². The van der Waals surface area contributed by atoms with Crippen molar-refractivity contribution in [2.45, 2.75) is 78.0 Å². The molecule has 29 heavy (non-hydrogen) atoms. The second-order valence-corrected chi connectivity index (χ2v) is 8.38. The van der Waals surface area contributed by atoms with Gasteiger partial charge in [0.2, 0.25) is 0 Å². The Morgan fingerprint density at radius 2 is 2.10 bits per heavy atom. The van der Waals surface area contributed by atoms with Crippen LogP contribution in [-0.2, 0) is 26.1 Å². The molecule has 0 spiro atoms. The van der Waals surface area contributed by atoms with Crippen molar-refractivity contribution < 1.29 is 4.79 Å². The van der Waals surface area contributed by atoms with Gasteiger partial charge in [0.1, 0.15) is 6.33 Å². The zero-order valence-corrected chi connectivity index (χ0v) is 17.7. The molecular weight excluding hydrogens is 364 g/mol. The molecule has 0 N–H and O–H groups in total. The summed E-state index contributed by atoms with van der Waals surface area (Å²) in [4.78, 5) is 26.2. The lowest BCUT2D eigenvalue weighted by molar-refractivity contribution is 0.0743. The SMILES string of the molecule is CCCc1ncncc1C(=O)N1CCCn2nc(CN3CCCCC3C)cc2C1. The first kappa shape index (κ1) is 20.0. The Kier molecular flexibility index (Phi) is 6.23. The van der Waals surface area contributed by atoms with Crippen LogP contribution in [-0.4, -0.2) is 54.6 Å². The number of amides is 1. The number of carbonyl (C=O) groups excluding carboxylic acids is 1. The van der Waals surface area contributed by atoms with Gasteiger partial charge >= 0.3 is 0 Å². The largest absolute Gasteiger partial charge is 0.333 e. The lowest BCUT2D eigenvalue weighted by Crippen LogP contribution is -2.36. The van der Waals surface area contributed by atoms with Crippen LogP contribution < -0.4 is 0 Å². The normalized spacial score (nSPS) is 20.3. The fraction of sp³-hybridized carbons (Fsp3) is 0.636. The van der Waals surface area contributed by atoms with E-state index in [0.29, 0.717) is 18.2 Å². The van der Waals surface area contributed by atoms with Crippen molar-refractivity contribution in [3.05, 3.63) is 41.2 Å². The fourth-order valence-corrected chi connectivity index (χ4v) is 4.51. The van der Waals surface area contributed by atoms with Gasteiger partial charge in [0.05, 0.1) is 29.2 Å². The third-order valence-corrected chi connectivity index (χ3v) is 6.17. The van der Waals surface area contributed by atoms with Crippen LogP contribution in [0.3, 0.4) is 0 Å². The minimum absolute atomic E-state index is 0.0369. The third-order valence-electron chi connectivity index (χ3n) is 6.17.